The number of carbonyl (C=O) groups excluding carboxylic acids is 1. The number of nitrogens with one attached hydrogen (secondary N) is 1. The van der Waals surface area contributed by atoms with Crippen LogP contribution in [0.2, 0.25) is 0 Å². The van der Waals surface area contributed by atoms with Crippen LogP contribution in [-0.4, -0.2) is 42.3 Å². The molecule has 31 heavy (non-hydrogen) atoms. The molecule has 2 aromatic rings. The highest BCUT2D eigenvalue weighted by atomic mass is 32.2. The fourth-order valence-corrected chi connectivity index (χ4v) is 6.45. The van der Waals surface area contributed by atoms with Crippen molar-refractivity contribution in [2.45, 2.75) is 76.3 Å². The molecule has 2 heterocycles. The van der Waals surface area contributed by atoms with Gasteiger partial charge in [0.25, 0.3) is 0 Å². The number of benzene rings is 1. The Morgan fingerprint density at radius 3 is 2.55 bits per heavy atom. The van der Waals surface area contributed by atoms with Gasteiger partial charge in [0.15, 0.2) is 0 Å². The Bertz CT molecular complexity index is 1020. The molecule has 1 aromatic heterocycles. The van der Waals surface area contributed by atoms with E-state index >= 15 is 0 Å². The molecule has 1 aliphatic carbocycles. The summed E-state index contributed by atoms with van der Waals surface area (Å²) in [6.07, 6.45) is 8.93. The van der Waals surface area contributed by atoms with E-state index in [0.717, 1.165) is 30.2 Å². The lowest BCUT2D eigenvalue weighted by Crippen LogP contribution is -2.41. The number of fused-ring (bicyclic) bond motifs is 1. The van der Waals surface area contributed by atoms with Crippen LogP contribution in [-0.2, 0) is 21.4 Å². The van der Waals surface area contributed by atoms with Crippen LogP contribution >= 0.6 is 0 Å². The van der Waals surface area contributed by atoms with Crippen LogP contribution in [0.1, 0.15) is 58.8 Å². The molecule has 2 atom stereocenters. The third-order valence-electron chi connectivity index (χ3n) is 7.16. The van der Waals surface area contributed by atoms with E-state index in [1.807, 2.05) is 22.9 Å². The maximum atomic E-state index is 13.0. The highest BCUT2D eigenvalue weighted by molar-refractivity contribution is 7.89. The first-order chi connectivity index (χ1) is 14.8. The van der Waals surface area contributed by atoms with Gasteiger partial charge in [0, 0.05) is 49.2 Å². The minimum atomic E-state index is -3.46. The van der Waals surface area contributed by atoms with Crippen LogP contribution in [0.5, 0.6) is 0 Å². The molecule has 0 radical (unpaired) electrons. The predicted octanol–water partition coefficient (Wildman–Crippen LogP) is 4.15. The Morgan fingerprint density at radius 1 is 1.06 bits per heavy atom. The Kier molecular flexibility index (Phi) is 6.72. The number of aryl methyl sites for hydroxylation is 1. The first-order valence-corrected chi connectivity index (χ1v) is 13.2. The Morgan fingerprint density at radius 2 is 1.81 bits per heavy atom. The SMILES string of the molecule is CC1CCN(S(=O)(=O)c2ccc3c(ccn3CCC(=O)N[C@@H]3CCCC[C@@H]3C)c2)CC1. The molecule has 2 fully saturated rings. The fraction of sp³-hybridized carbons (Fsp3) is 0.625. The van der Waals surface area contributed by atoms with E-state index in [-0.39, 0.29) is 5.91 Å². The zero-order chi connectivity index (χ0) is 22.0. The van der Waals surface area contributed by atoms with Crippen molar-refractivity contribution in [3.05, 3.63) is 30.5 Å². The molecule has 1 saturated heterocycles. The third-order valence-corrected chi connectivity index (χ3v) is 9.06. The quantitative estimate of drug-likeness (QED) is 0.726. The molecule has 1 saturated carbocycles. The molecule has 2 aliphatic rings. The molecule has 4 rings (SSSR count). The normalized spacial score (nSPS) is 23.8. The van der Waals surface area contributed by atoms with E-state index in [1.165, 1.54) is 19.3 Å². The Balaban J connectivity index is 1.41. The summed E-state index contributed by atoms with van der Waals surface area (Å²) in [6, 6.07) is 7.58. The van der Waals surface area contributed by atoms with Gasteiger partial charge in [0.05, 0.1) is 4.90 Å². The maximum absolute atomic E-state index is 13.0. The van der Waals surface area contributed by atoms with Crippen LogP contribution in [0.4, 0.5) is 0 Å². The molecule has 170 valence electrons. The zero-order valence-electron chi connectivity index (χ0n) is 18.7. The number of piperidine rings is 1. The van der Waals surface area contributed by atoms with Crippen LogP contribution in [0, 0.1) is 11.8 Å². The highest BCUT2D eigenvalue weighted by Crippen LogP contribution is 2.27. The summed E-state index contributed by atoms with van der Waals surface area (Å²) in [6.45, 7) is 6.18. The van der Waals surface area contributed by atoms with Gasteiger partial charge in [-0.05, 0) is 61.8 Å². The number of sulfonamides is 1. The average molecular weight is 446 g/mol. The second-order valence-corrected chi connectivity index (χ2v) is 11.4. The zero-order valence-corrected chi connectivity index (χ0v) is 19.5. The van der Waals surface area contributed by atoms with Crippen molar-refractivity contribution in [3.63, 3.8) is 0 Å². The van der Waals surface area contributed by atoms with Gasteiger partial charge in [-0.3, -0.25) is 4.79 Å². The van der Waals surface area contributed by atoms with Gasteiger partial charge in [-0.25, -0.2) is 8.42 Å². The molecule has 1 aliphatic heterocycles. The monoisotopic (exact) mass is 445 g/mol. The van der Waals surface area contributed by atoms with Gasteiger partial charge in [-0.1, -0.05) is 26.7 Å². The van der Waals surface area contributed by atoms with Crippen molar-refractivity contribution in [3.8, 4) is 0 Å². The van der Waals surface area contributed by atoms with E-state index < -0.39 is 10.0 Å². The molecular formula is C24H35N3O3S. The van der Waals surface area contributed by atoms with Crippen LogP contribution in [0.25, 0.3) is 10.9 Å². The number of hydrogen-bond donors (Lipinski definition) is 1. The van der Waals surface area contributed by atoms with E-state index in [2.05, 4.69) is 19.2 Å². The van der Waals surface area contributed by atoms with E-state index in [0.29, 0.717) is 48.8 Å². The molecule has 0 unspecified atom stereocenters. The van der Waals surface area contributed by atoms with Crippen molar-refractivity contribution < 1.29 is 13.2 Å². The highest BCUT2D eigenvalue weighted by Gasteiger charge is 2.28. The molecule has 1 amide bonds. The second kappa shape index (κ2) is 9.33. The first-order valence-electron chi connectivity index (χ1n) is 11.7. The number of nitrogens with zero attached hydrogens (tertiary/aromatic N) is 2. The molecule has 7 heteroatoms. The molecule has 0 spiro atoms. The van der Waals surface area contributed by atoms with Gasteiger partial charge < -0.3 is 9.88 Å². The topological polar surface area (TPSA) is 71.4 Å². The number of hydrogen-bond acceptors (Lipinski definition) is 3. The number of rotatable bonds is 6. The summed E-state index contributed by atoms with van der Waals surface area (Å²) in [5, 5.41) is 4.11. The third kappa shape index (κ3) is 4.98. The van der Waals surface area contributed by atoms with Crippen LogP contribution < -0.4 is 5.32 Å². The number of aromatic nitrogens is 1. The van der Waals surface area contributed by atoms with Crippen molar-refractivity contribution in [2.24, 2.45) is 11.8 Å². The van der Waals surface area contributed by atoms with Crippen molar-refractivity contribution in [1.82, 2.24) is 14.2 Å². The van der Waals surface area contributed by atoms with Gasteiger partial charge in [-0.15, -0.1) is 0 Å². The molecule has 1 aromatic carbocycles. The summed E-state index contributed by atoms with van der Waals surface area (Å²) in [5.41, 5.74) is 0.963. The van der Waals surface area contributed by atoms with Gasteiger partial charge in [0.2, 0.25) is 15.9 Å². The van der Waals surface area contributed by atoms with E-state index in [9.17, 15) is 13.2 Å². The van der Waals surface area contributed by atoms with Crippen LogP contribution in [0.15, 0.2) is 35.4 Å². The molecule has 1 N–H and O–H groups in total. The summed E-state index contributed by atoms with van der Waals surface area (Å²) < 4.78 is 29.7. The first kappa shape index (κ1) is 22.3. The van der Waals surface area contributed by atoms with Gasteiger partial charge in [0.1, 0.15) is 0 Å². The minimum absolute atomic E-state index is 0.0964. The summed E-state index contributed by atoms with van der Waals surface area (Å²) in [5.74, 6) is 1.23. The fourth-order valence-electron chi connectivity index (χ4n) is 4.94. The lowest BCUT2D eigenvalue weighted by atomic mass is 9.86. The predicted molar refractivity (Wildman–Crippen MR) is 123 cm³/mol. The van der Waals surface area contributed by atoms with Gasteiger partial charge in [-0.2, -0.15) is 4.31 Å². The molecule has 0 bridgehead atoms. The standard InChI is InChI=1S/C24H35N3O3S/c1-18-9-15-27(16-10-18)31(29,30)21-7-8-23-20(17-21)11-13-26(23)14-12-24(28)25-22-6-4-3-5-19(22)2/h7-8,11,13,17-19,22H,3-6,9-10,12,14-16H2,1-2H3,(H,25,28)/t19-,22+/m0/s1. The number of amides is 1. The lowest BCUT2D eigenvalue weighted by molar-refractivity contribution is -0.122. The average Bonchev–Trinajstić information content (AvgIpc) is 3.16. The summed E-state index contributed by atoms with van der Waals surface area (Å²) >= 11 is 0. The molecular weight excluding hydrogens is 410 g/mol. The van der Waals surface area contributed by atoms with Crippen molar-refractivity contribution in [1.29, 1.82) is 0 Å². The maximum Gasteiger partial charge on any atom is 0.243 e. The van der Waals surface area contributed by atoms with E-state index in [1.54, 1.807) is 16.4 Å². The largest absolute Gasteiger partial charge is 0.353 e. The van der Waals surface area contributed by atoms with Crippen molar-refractivity contribution in [2.75, 3.05) is 13.1 Å². The van der Waals surface area contributed by atoms with Gasteiger partial charge >= 0.3 is 0 Å². The Hall–Kier alpha value is -1.86. The summed E-state index contributed by atoms with van der Waals surface area (Å²) in [7, 11) is -3.46. The van der Waals surface area contributed by atoms with E-state index in [4.69, 9.17) is 0 Å². The van der Waals surface area contributed by atoms with Crippen LogP contribution in [0.3, 0.4) is 0 Å². The molecule has 6 nitrogen and oxygen atoms in total. The Labute approximate surface area is 186 Å². The van der Waals surface area contributed by atoms with Crippen molar-refractivity contribution >= 4 is 26.8 Å². The smallest absolute Gasteiger partial charge is 0.243 e. The summed E-state index contributed by atoms with van der Waals surface area (Å²) in [4.78, 5) is 12.8. The second-order valence-electron chi connectivity index (χ2n) is 9.50. The number of carbonyl (C=O) groups is 1. The lowest BCUT2D eigenvalue weighted by Gasteiger charge is -2.29. The minimum Gasteiger partial charge on any atom is -0.353 e.